The van der Waals surface area contributed by atoms with Gasteiger partial charge in [0.2, 0.25) is 15.7 Å². The minimum absolute atomic E-state index is 0.00103. The van der Waals surface area contributed by atoms with Crippen molar-refractivity contribution in [3.05, 3.63) is 75.2 Å². The summed E-state index contributed by atoms with van der Waals surface area (Å²) in [7, 11) is -4.08. The molecule has 0 spiro atoms. The Morgan fingerprint density at radius 2 is 2.00 bits per heavy atom. The maximum Gasteiger partial charge on any atom is 0.270 e. The summed E-state index contributed by atoms with van der Waals surface area (Å²) in [6.07, 6.45) is 1.85. The zero-order chi connectivity index (χ0) is 22.6. The highest BCUT2D eigenvalue weighted by atomic mass is 35.5. The van der Waals surface area contributed by atoms with Crippen molar-refractivity contribution >= 4 is 44.8 Å². The van der Waals surface area contributed by atoms with Gasteiger partial charge in [-0.2, -0.15) is 0 Å². The molecule has 0 atom stereocenters. The third-order valence-electron chi connectivity index (χ3n) is 4.45. The lowest BCUT2D eigenvalue weighted by Crippen LogP contribution is -2.20. The van der Waals surface area contributed by atoms with Crippen LogP contribution in [0, 0.1) is 6.92 Å². The Morgan fingerprint density at radius 3 is 2.68 bits per heavy atom. The summed E-state index contributed by atoms with van der Waals surface area (Å²) in [5.41, 5.74) is 1.69. The van der Waals surface area contributed by atoms with Gasteiger partial charge >= 0.3 is 0 Å². The Morgan fingerprint density at radius 1 is 1.23 bits per heavy atom. The van der Waals surface area contributed by atoms with Gasteiger partial charge in [-0.15, -0.1) is 0 Å². The van der Waals surface area contributed by atoms with E-state index in [1.807, 2.05) is 25.1 Å². The molecule has 1 heterocycles. The number of sulfone groups is 1. The molecule has 0 unspecified atom stereocenters. The van der Waals surface area contributed by atoms with E-state index in [0.717, 1.165) is 35.5 Å². The molecule has 2 N–H and O–H groups in total. The summed E-state index contributed by atoms with van der Waals surface area (Å²) in [5.74, 6) is -0.272. The fourth-order valence-electron chi connectivity index (χ4n) is 2.70. The van der Waals surface area contributed by atoms with Crippen LogP contribution in [0.1, 0.15) is 18.1 Å². The minimum atomic E-state index is -4.08. The van der Waals surface area contributed by atoms with Gasteiger partial charge in [0.25, 0.3) is 5.56 Å². The van der Waals surface area contributed by atoms with Crippen LogP contribution in [0.25, 0.3) is 0 Å². The van der Waals surface area contributed by atoms with Crippen LogP contribution in [0.4, 0.5) is 5.69 Å². The predicted octanol–water partition coefficient (Wildman–Crippen LogP) is 3.86. The molecule has 162 valence electrons. The molecule has 1 aromatic heterocycles. The first kappa shape index (κ1) is 23.1. The van der Waals surface area contributed by atoms with Crippen molar-refractivity contribution in [2.45, 2.75) is 35.2 Å². The third kappa shape index (κ3) is 5.55. The topological polar surface area (TPSA) is 109 Å². The van der Waals surface area contributed by atoms with Crippen molar-refractivity contribution in [1.82, 2.24) is 9.97 Å². The Labute approximate surface area is 189 Å². The molecule has 3 rings (SSSR count). The maximum atomic E-state index is 12.8. The summed E-state index contributed by atoms with van der Waals surface area (Å²) in [4.78, 5) is 30.4. The first-order chi connectivity index (χ1) is 14.7. The smallest absolute Gasteiger partial charge is 0.270 e. The van der Waals surface area contributed by atoms with Gasteiger partial charge in [-0.1, -0.05) is 48.5 Å². The standard InChI is InChI=1S/C21H20ClN3O4S2/c1-3-14-5-4-6-15(9-14)24-19(26)12-30-21-23-11-18(20(27)25-21)31(28,29)16-8-7-13(2)17(22)10-16/h4-11H,3,12H2,1-2H3,(H,24,26)(H,23,25,27). The summed E-state index contributed by atoms with van der Waals surface area (Å²) < 4.78 is 25.5. The quantitative estimate of drug-likeness (QED) is 0.395. The van der Waals surface area contributed by atoms with Crippen molar-refractivity contribution in [2.75, 3.05) is 11.1 Å². The van der Waals surface area contributed by atoms with Crippen LogP contribution in [0.15, 0.2) is 68.4 Å². The Bertz CT molecular complexity index is 1290. The minimum Gasteiger partial charge on any atom is -0.325 e. The molecule has 0 aliphatic heterocycles. The predicted molar refractivity (Wildman–Crippen MR) is 122 cm³/mol. The fraction of sp³-hybridized carbons (Fsp3) is 0.190. The molecule has 7 nitrogen and oxygen atoms in total. The lowest BCUT2D eigenvalue weighted by atomic mass is 10.1. The number of aromatic amines is 1. The fourth-order valence-corrected chi connectivity index (χ4v) is 4.84. The SMILES string of the molecule is CCc1cccc(NC(=O)CSc2ncc(S(=O)(=O)c3ccc(C)c(Cl)c3)c(=O)[nH]2)c1. The number of anilines is 1. The van der Waals surface area contributed by atoms with E-state index >= 15 is 0 Å². The maximum absolute atomic E-state index is 12.8. The number of H-pyrrole nitrogens is 1. The molecular weight excluding hydrogens is 458 g/mol. The second-order valence-electron chi connectivity index (χ2n) is 6.69. The van der Waals surface area contributed by atoms with E-state index in [9.17, 15) is 18.0 Å². The van der Waals surface area contributed by atoms with Gasteiger partial charge in [-0.25, -0.2) is 13.4 Å². The Kier molecular flexibility index (Phi) is 7.19. The first-order valence-electron chi connectivity index (χ1n) is 9.33. The summed E-state index contributed by atoms with van der Waals surface area (Å²) >= 11 is 7.01. The number of thioether (sulfide) groups is 1. The second-order valence-corrected chi connectivity index (χ2v) is 9.98. The molecule has 3 aromatic rings. The van der Waals surface area contributed by atoms with E-state index in [-0.39, 0.29) is 26.7 Å². The van der Waals surface area contributed by atoms with Gasteiger partial charge in [-0.3, -0.25) is 9.59 Å². The number of hydrogen-bond acceptors (Lipinski definition) is 6. The highest BCUT2D eigenvalue weighted by Crippen LogP contribution is 2.24. The molecule has 0 saturated heterocycles. The first-order valence-corrected chi connectivity index (χ1v) is 12.2. The molecule has 2 aromatic carbocycles. The zero-order valence-corrected chi connectivity index (χ0v) is 19.2. The monoisotopic (exact) mass is 477 g/mol. The molecule has 31 heavy (non-hydrogen) atoms. The van der Waals surface area contributed by atoms with Gasteiger partial charge in [0.15, 0.2) is 10.1 Å². The van der Waals surface area contributed by atoms with Gasteiger partial charge in [0.05, 0.1) is 16.8 Å². The largest absolute Gasteiger partial charge is 0.325 e. The van der Waals surface area contributed by atoms with Crippen molar-refractivity contribution in [2.24, 2.45) is 0 Å². The Balaban J connectivity index is 1.71. The molecule has 10 heteroatoms. The lowest BCUT2D eigenvalue weighted by molar-refractivity contribution is -0.113. The van der Waals surface area contributed by atoms with E-state index < -0.39 is 20.3 Å². The third-order valence-corrected chi connectivity index (χ3v) is 7.48. The number of benzene rings is 2. The summed E-state index contributed by atoms with van der Waals surface area (Å²) in [6.45, 7) is 3.77. The molecule has 0 saturated carbocycles. The molecular formula is C21H20ClN3O4S2. The van der Waals surface area contributed by atoms with E-state index in [2.05, 4.69) is 15.3 Å². The van der Waals surface area contributed by atoms with E-state index in [1.54, 1.807) is 19.1 Å². The van der Waals surface area contributed by atoms with Gasteiger partial charge in [-0.05, 0) is 48.7 Å². The number of nitrogens with zero attached hydrogens (tertiary/aromatic N) is 1. The number of hydrogen-bond donors (Lipinski definition) is 2. The number of aryl methyl sites for hydroxylation is 2. The van der Waals surface area contributed by atoms with Crippen LogP contribution < -0.4 is 10.9 Å². The highest BCUT2D eigenvalue weighted by Gasteiger charge is 2.23. The van der Waals surface area contributed by atoms with Crippen LogP contribution in [0.5, 0.6) is 0 Å². The molecule has 0 radical (unpaired) electrons. The number of rotatable bonds is 7. The number of aromatic nitrogens is 2. The molecule has 1 amide bonds. The van der Waals surface area contributed by atoms with Crippen molar-refractivity contribution in [1.29, 1.82) is 0 Å². The number of halogens is 1. The normalized spacial score (nSPS) is 11.3. The van der Waals surface area contributed by atoms with E-state index in [1.165, 1.54) is 12.1 Å². The average molecular weight is 478 g/mol. The van der Waals surface area contributed by atoms with E-state index in [0.29, 0.717) is 5.69 Å². The van der Waals surface area contributed by atoms with E-state index in [4.69, 9.17) is 11.6 Å². The number of carbonyl (C=O) groups excluding carboxylic acids is 1. The highest BCUT2D eigenvalue weighted by molar-refractivity contribution is 7.99. The summed E-state index contributed by atoms with van der Waals surface area (Å²) in [5, 5.41) is 3.21. The van der Waals surface area contributed by atoms with Gasteiger partial charge in [0, 0.05) is 10.7 Å². The summed E-state index contributed by atoms with van der Waals surface area (Å²) in [6, 6.07) is 11.8. The molecule has 0 aliphatic rings. The van der Waals surface area contributed by atoms with Crippen molar-refractivity contribution in [3.8, 4) is 0 Å². The average Bonchev–Trinajstić information content (AvgIpc) is 2.74. The molecule has 0 fully saturated rings. The molecule has 0 aliphatic carbocycles. The lowest BCUT2D eigenvalue weighted by Gasteiger charge is -2.08. The van der Waals surface area contributed by atoms with Crippen LogP contribution in [-0.4, -0.2) is 30.0 Å². The zero-order valence-electron chi connectivity index (χ0n) is 16.8. The Hall–Kier alpha value is -2.62. The number of nitrogens with one attached hydrogen (secondary N) is 2. The molecule has 0 bridgehead atoms. The number of carbonyl (C=O) groups is 1. The number of amides is 1. The van der Waals surface area contributed by atoms with Crippen molar-refractivity contribution in [3.63, 3.8) is 0 Å². The van der Waals surface area contributed by atoms with Gasteiger partial charge in [0.1, 0.15) is 0 Å². The van der Waals surface area contributed by atoms with Crippen LogP contribution >= 0.6 is 23.4 Å². The second kappa shape index (κ2) is 9.67. The van der Waals surface area contributed by atoms with Crippen molar-refractivity contribution < 1.29 is 13.2 Å². The van der Waals surface area contributed by atoms with Crippen LogP contribution in [-0.2, 0) is 21.1 Å². The van der Waals surface area contributed by atoms with Crippen LogP contribution in [0.2, 0.25) is 5.02 Å². The van der Waals surface area contributed by atoms with Crippen LogP contribution in [0.3, 0.4) is 0 Å². The van der Waals surface area contributed by atoms with Gasteiger partial charge < -0.3 is 10.3 Å².